The Morgan fingerprint density at radius 3 is 1.00 bits per heavy atom. The van der Waals surface area contributed by atoms with Crippen LogP contribution in [-0.4, -0.2) is 19.6 Å². The SMILES string of the molecule is [Cu+2].[Cu+2].[N-]=[N+]=[N-].[N-]=[N+]=[N-].[N-]=[N+]=[N-].[N-]=[N+]=[N-].c1cnn(Cn2cccn2)c1. The Morgan fingerprint density at radius 2 is 0.840 bits per heavy atom. The molecule has 2 rings (SSSR count). The van der Waals surface area contributed by atoms with E-state index in [1.807, 2.05) is 33.9 Å². The van der Waals surface area contributed by atoms with Crippen molar-refractivity contribution in [3.05, 3.63) is 101 Å². The van der Waals surface area contributed by atoms with Crippen molar-refractivity contribution in [3.8, 4) is 0 Å². The Kier molecular flexibility index (Phi) is 43.5. The van der Waals surface area contributed by atoms with Crippen molar-refractivity contribution < 1.29 is 34.1 Å². The van der Waals surface area contributed by atoms with E-state index in [4.69, 9.17) is 44.2 Å². The Balaban J connectivity index is -0.0000000814. The fourth-order valence-electron chi connectivity index (χ4n) is 0.917. The molecule has 0 fully saturated rings. The average Bonchev–Trinajstić information content (AvgIpc) is 3.17. The van der Waals surface area contributed by atoms with Crippen LogP contribution in [0.4, 0.5) is 0 Å². The third kappa shape index (κ3) is 33.5. The summed E-state index contributed by atoms with van der Waals surface area (Å²) in [5.41, 5.74) is 54.0. The van der Waals surface area contributed by atoms with Crippen LogP contribution in [0.5, 0.6) is 0 Å². The van der Waals surface area contributed by atoms with E-state index in [-0.39, 0.29) is 34.1 Å². The zero-order valence-corrected chi connectivity index (χ0v) is 13.8. The van der Waals surface area contributed by atoms with Crippen molar-refractivity contribution in [1.82, 2.24) is 19.6 Å². The molecule has 25 heavy (non-hydrogen) atoms. The zero-order chi connectivity index (χ0) is 18.3. The van der Waals surface area contributed by atoms with Crippen LogP contribution in [0.25, 0.3) is 63.9 Å². The van der Waals surface area contributed by atoms with Crippen LogP contribution < -0.4 is 0 Å². The molecule has 0 aliphatic carbocycles. The van der Waals surface area contributed by atoms with Gasteiger partial charge in [-0.3, -0.25) is 29.0 Å². The fraction of sp³-hybridized carbons (Fsp3) is 0.143. The van der Waals surface area contributed by atoms with E-state index in [2.05, 4.69) is 10.2 Å². The van der Waals surface area contributed by atoms with Crippen LogP contribution in [0, 0.1) is 0 Å². The largest absolute Gasteiger partial charge is 2.00 e. The van der Waals surface area contributed by atoms with Gasteiger partial charge in [0.1, 0.15) is 6.67 Å². The smallest absolute Gasteiger partial charge is 0.373 e. The monoisotopic (exact) mass is 442 g/mol. The molecule has 0 bridgehead atoms. The Bertz CT molecular complexity index is 527. The molecule has 2 aromatic rings. The van der Waals surface area contributed by atoms with Gasteiger partial charge in [0.2, 0.25) is 0 Å². The second kappa shape index (κ2) is 32.6. The Morgan fingerprint density at radius 1 is 0.600 bits per heavy atom. The molecular weight excluding hydrogens is 435 g/mol. The third-order valence-corrected chi connectivity index (χ3v) is 1.41. The van der Waals surface area contributed by atoms with Crippen LogP contribution in [0.3, 0.4) is 0 Å². The van der Waals surface area contributed by atoms with Crippen molar-refractivity contribution in [3.63, 3.8) is 0 Å². The molecule has 0 atom stereocenters. The third-order valence-electron chi connectivity index (χ3n) is 1.41. The van der Waals surface area contributed by atoms with Crippen molar-refractivity contribution in [1.29, 1.82) is 0 Å². The molecule has 18 heteroatoms. The summed E-state index contributed by atoms with van der Waals surface area (Å²) in [7, 11) is 0. The summed E-state index contributed by atoms with van der Waals surface area (Å²) in [6.45, 7) is 0.681. The van der Waals surface area contributed by atoms with Gasteiger partial charge in [0.15, 0.2) is 0 Å². The Hall–Kier alpha value is -3.30. The summed E-state index contributed by atoms with van der Waals surface area (Å²) in [5, 5.41) is 8.09. The van der Waals surface area contributed by atoms with Gasteiger partial charge in [0, 0.05) is 24.8 Å². The topological polar surface area (TPSA) is 270 Å². The molecule has 0 aliphatic heterocycles. The van der Waals surface area contributed by atoms with Gasteiger partial charge in [-0.2, -0.15) is 10.2 Å². The molecule has 0 unspecified atom stereocenters. The predicted octanol–water partition coefficient (Wildman–Crippen LogP) is 4.04. The van der Waals surface area contributed by atoms with Crippen LogP contribution in [0.1, 0.15) is 0 Å². The molecule has 2 aromatic heterocycles. The second-order valence-corrected chi connectivity index (χ2v) is 2.59. The van der Waals surface area contributed by atoms with E-state index < -0.39 is 0 Å². The first-order chi connectivity index (χ1) is 11.1. The first-order valence-electron chi connectivity index (χ1n) is 5.00. The molecule has 0 aliphatic rings. The normalized spacial score (nSPS) is 5.76. The van der Waals surface area contributed by atoms with E-state index in [1.165, 1.54) is 19.6 Å². The van der Waals surface area contributed by atoms with E-state index in [1.54, 1.807) is 12.4 Å². The van der Waals surface area contributed by atoms with Gasteiger partial charge >= 0.3 is 34.1 Å². The van der Waals surface area contributed by atoms with Crippen molar-refractivity contribution >= 4 is 0 Å². The fourth-order valence-corrected chi connectivity index (χ4v) is 0.917. The minimum absolute atomic E-state index is 0. The van der Waals surface area contributed by atoms with Gasteiger partial charge in [-0.1, -0.05) is 0 Å². The first-order valence-corrected chi connectivity index (χ1v) is 5.00. The maximum absolute atomic E-state index is 6.75. The summed E-state index contributed by atoms with van der Waals surface area (Å²) in [5.74, 6) is 0. The number of rotatable bonds is 2. The zero-order valence-electron chi connectivity index (χ0n) is 11.9. The molecule has 2 radical (unpaired) electrons. The predicted molar refractivity (Wildman–Crippen MR) is 80.2 cm³/mol. The summed E-state index contributed by atoms with van der Waals surface area (Å²) in [6, 6.07) is 3.78. The number of nitrogens with zero attached hydrogens (tertiary/aromatic N) is 16. The molecule has 0 amide bonds. The van der Waals surface area contributed by atoms with Gasteiger partial charge in [0.05, 0.1) is 0 Å². The number of aromatic nitrogens is 4. The standard InChI is InChI=1S/C7H8N4.2Cu.4N3/c1-3-8-10(5-1)7-11-6-2-4-9-11;;;4*1-3-2/h1-6H,7H2;;;;;;/q;2*+2;4*-1. The summed E-state index contributed by atoms with van der Waals surface area (Å²) >= 11 is 0. The molecule has 16 nitrogen and oxygen atoms in total. The summed E-state index contributed by atoms with van der Waals surface area (Å²) in [4.78, 5) is 6.00. The molecular formula is C7H8Cu2N16. The van der Waals surface area contributed by atoms with Gasteiger partial charge in [-0.05, 0) is 12.1 Å². The molecule has 138 valence electrons. The van der Waals surface area contributed by atoms with E-state index in [0.717, 1.165) is 0 Å². The quantitative estimate of drug-likeness (QED) is 0.287. The van der Waals surface area contributed by atoms with Gasteiger partial charge in [0.25, 0.3) is 0 Å². The van der Waals surface area contributed by atoms with Crippen molar-refractivity contribution in [2.75, 3.05) is 0 Å². The number of hydrogen-bond acceptors (Lipinski definition) is 2. The van der Waals surface area contributed by atoms with E-state index in [9.17, 15) is 0 Å². The first kappa shape index (κ1) is 33.3. The van der Waals surface area contributed by atoms with Crippen LogP contribution in [0.2, 0.25) is 0 Å². The minimum Gasteiger partial charge on any atom is -0.373 e. The van der Waals surface area contributed by atoms with Gasteiger partial charge in [-0.25, -0.2) is 0 Å². The van der Waals surface area contributed by atoms with Gasteiger partial charge < -0.3 is 44.2 Å². The summed E-state index contributed by atoms with van der Waals surface area (Å²) in [6.07, 6.45) is 7.32. The molecule has 0 spiro atoms. The molecule has 0 N–H and O–H groups in total. The minimum atomic E-state index is 0. The van der Waals surface area contributed by atoms with Crippen LogP contribution in [0.15, 0.2) is 36.9 Å². The molecule has 2 heterocycles. The average molecular weight is 443 g/mol. The maximum atomic E-state index is 6.75. The molecule has 0 aromatic carbocycles. The Labute approximate surface area is 161 Å². The number of hydrogen-bond donors (Lipinski definition) is 0. The van der Waals surface area contributed by atoms with Crippen LogP contribution in [-0.2, 0) is 40.8 Å². The second-order valence-electron chi connectivity index (χ2n) is 2.59. The van der Waals surface area contributed by atoms with Crippen LogP contribution >= 0.6 is 0 Å². The maximum Gasteiger partial charge on any atom is 2.00 e. The van der Waals surface area contributed by atoms with E-state index >= 15 is 0 Å². The van der Waals surface area contributed by atoms with Gasteiger partial charge in [-0.15, -0.1) is 0 Å². The molecule has 0 saturated carbocycles. The van der Waals surface area contributed by atoms with E-state index in [0.29, 0.717) is 6.67 Å². The summed E-state index contributed by atoms with van der Waals surface area (Å²) < 4.78 is 3.62. The van der Waals surface area contributed by atoms with Crippen molar-refractivity contribution in [2.24, 2.45) is 0 Å². The molecule has 0 saturated heterocycles. The van der Waals surface area contributed by atoms with Crippen molar-refractivity contribution in [2.45, 2.75) is 6.67 Å².